The van der Waals surface area contributed by atoms with Crippen LogP contribution in [0, 0.1) is 0 Å². The molecule has 1 heterocycles. The summed E-state index contributed by atoms with van der Waals surface area (Å²) in [6, 6.07) is 6.01. The van der Waals surface area contributed by atoms with Crippen LogP contribution in [0.3, 0.4) is 0 Å². The smallest absolute Gasteiger partial charge is 0.102 e. The Morgan fingerprint density at radius 2 is 1.84 bits per heavy atom. The molecule has 1 aromatic carbocycles. The number of nitrogens with zero attached hydrogens (tertiary/aromatic N) is 1. The molecule has 5 heteroatoms. The Morgan fingerprint density at radius 3 is 2.26 bits per heavy atom. The van der Waals surface area contributed by atoms with E-state index in [-0.39, 0.29) is 12.2 Å². The molecule has 0 aliphatic carbocycles. The highest BCUT2D eigenvalue weighted by molar-refractivity contribution is 9.10. The van der Waals surface area contributed by atoms with Crippen molar-refractivity contribution < 1.29 is 14.6 Å². The molecule has 1 aliphatic heterocycles. The van der Waals surface area contributed by atoms with E-state index in [1.165, 1.54) is 0 Å². The zero-order valence-corrected chi connectivity index (χ0v) is 13.1. The van der Waals surface area contributed by atoms with Gasteiger partial charge in [0.2, 0.25) is 0 Å². The summed E-state index contributed by atoms with van der Waals surface area (Å²) in [6.07, 6.45) is -0.277. The molecule has 1 N–H and O–H groups in total. The molecule has 4 nitrogen and oxygen atoms in total. The van der Waals surface area contributed by atoms with E-state index in [9.17, 15) is 5.11 Å². The Morgan fingerprint density at radius 1 is 1.26 bits per heavy atom. The molecular formula is C14H20BrNO3. The van der Waals surface area contributed by atoms with Gasteiger partial charge in [0.25, 0.3) is 0 Å². The molecule has 106 valence electrons. The van der Waals surface area contributed by atoms with Gasteiger partial charge in [0, 0.05) is 37.5 Å². The van der Waals surface area contributed by atoms with Gasteiger partial charge in [0.1, 0.15) is 12.2 Å². The molecule has 1 saturated heterocycles. The van der Waals surface area contributed by atoms with E-state index in [0.29, 0.717) is 0 Å². The quantitative estimate of drug-likeness (QED) is 0.920. The van der Waals surface area contributed by atoms with Gasteiger partial charge in [-0.3, -0.25) is 0 Å². The van der Waals surface area contributed by atoms with Gasteiger partial charge >= 0.3 is 0 Å². The van der Waals surface area contributed by atoms with Gasteiger partial charge in [0.15, 0.2) is 0 Å². The van der Waals surface area contributed by atoms with Crippen molar-refractivity contribution in [2.75, 3.05) is 32.2 Å². The number of ether oxygens (including phenoxy) is 2. The molecule has 0 spiro atoms. The maximum Gasteiger partial charge on any atom is 0.102 e. The van der Waals surface area contributed by atoms with Crippen LogP contribution < -0.4 is 4.90 Å². The van der Waals surface area contributed by atoms with Crippen molar-refractivity contribution in [2.24, 2.45) is 0 Å². The van der Waals surface area contributed by atoms with E-state index in [4.69, 9.17) is 9.47 Å². The summed E-state index contributed by atoms with van der Waals surface area (Å²) in [5, 5.41) is 9.64. The van der Waals surface area contributed by atoms with E-state index < -0.39 is 6.10 Å². The molecular weight excluding hydrogens is 310 g/mol. The van der Waals surface area contributed by atoms with Gasteiger partial charge in [-0.2, -0.15) is 0 Å². The first-order valence-electron chi connectivity index (χ1n) is 6.35. The molecule has 1 aliphatic rings. The van der Waals surface area contributed by atoms with Crippen LogP contribution >= 0.6 is 15.9 Å². The first kappa shape index (κ1) is 14.8. The van der Waals surface area contributed by atoms with Gasteiger partial charge in [-0.25, -0.2) is 0 Å². The van der Waals surface area contributed by atoms with Crippen molar-refractivity contribution >= 4 is 21.6 Å². The predicted molar refractivity (Wildman–Crippen MR) is 78.6 cm³/mol. The van der Waals surface area contributed by atoms with E-state index in [1.807, 2.05) is 18.2 Å². The fourth-order valence-corrected chi connectivity index (χ4v) is 3.16. The summed E-state index contributed by atoms with van der Waals surface area (Å²) in [5.74, 6) is 0. The largest absolute Gasteiger partial charge is 0.389 e. The molecule has 3 atom stereocenters. The summed E-state index contributed by atoms with van der Waals surface area (Å²) in [4.78, 5) is 2.24. The number of halogens is 1. The zero-order chi connectivity index (χ0) is 14.0. The summed E-state index contributed by atoms with van der Waals surface area (Å²) in [5.41, 5.74) is 2.01. The lowest BCUT2D eigenvalue weighted by Crippen LogP contribution is -2.27. The summed E-state index contributed by atoms with van der Waals surface area (Å²) in [6.45, 7) is 3.39. The Bertz CT molecular complexity index is 427. The second-order valence-corrected chi connectivity index (χ2v) is 5.69. The van der Waals surface area contributed by atoms with Crippen LogP contribution in [-0.2, 0) is 9.47 Å². The van der Waals surface area contributed by atoms with Crippen LogP contribution in [0.4, 0.5) is 5.69 Å². The minimum atomic E-state index is -0.472. The molecule has 0 radical (unpaired) electrons. The Balaban J connectivity index is 2.17. The average Bonchev–Trinajstić information content (AvgIpc) is 2.81. The van der Waals surface area contributed by atoms with Crippen LogP contribution in [0.25, 0.3) is 0 Å². The normalized spacial score (nSPS) is 24.8. The van der Waals surface area contributed by atoms with Crippen molar-refractivity contribution in [2.45, 2.75) is 25.2 Å². The highest BCUT2D eigenvalue weighted by Crippen LogP contribution is 2.30. The molecule has 0 aromatic heterocycles. The number of benzene rings is 1. The van der Waals surface area contributed by atoms with Crippen molar-refractivity contribution in [1.29, 1.82) is 0 Å². The highest BCUT2D eigenvalue weighted by Gasteiger charge is 2.33. The maximum absolute atomic E-state index is 9.64. The van der Waals surface area contributed by atoms with E-state index in [0.717, 1.165) is 28.8 Å². The number of methoxy groups -OCH3 is 2. The van der Waals surface area contributed by atoms with Gasteiger partial charge in [-0.15, -0.1) is 0 Å². The van der Waals surface area contributed by atoms with Crippen LogP contribution in [0.15, 0.2) is 22.7 Å². The monoisotopic (exact) mass is 329 g/mol. The van der Waals surface area contributed by atoms with Crippen LogP contribution in [0.1, 0.15) is 18.6 Å². The lowest BCUT2D eigenvalue weighted by molar-refractivity contribution is -0.00461. The van der Waals surface area contributed by atoms with E-state index in [2.05, 4.69) is 20.8 Å². The van der Waals surface area contributed by atoms with Gasteiger partial charge in [0.05, 0.1) is 6.10 Å². The first-order chi connectivity index (χ1) is 9.06. The molecule has 2 rings (SSSR count). The number of rotatable bonds is 4. The summed E-state index contributed by atoms with van der Waals surface area (Å²) in [7, 11) is 3.43. The minimum absolute atomic E-state index is 0.0974. The molecule has 0 saturated carbocycles. The number of hydrogen-bond acceptors (Lipinski definition) is 4. The molecule has 1 aromatic rings. The fraction of sp³-hybridized carbons (Fsp3) is 0.571. The lowest BCUT2D eigenvalue weighted by Gasteiger charge is -2.19. The lowest BCUT2D eigenvalue weighted by atomic mass is 10.1. The molecule has 1 fully saturated rings. The maximum atomic E-state index is 9.64. The average molecular weight is 330 g/mol. The second kappa shape index (κ2) is 6.22. The molecule has 19 heavy (non-hydrogen) atoms. The summed E-state index contributed by atoms with van der Waals surface area (Å²) < 4.78 is 11.8. The Labute approximate surface area is 122 Å². The number of anilines is 1. The first-order valence-corrected chi connectivity index (χ1v) is 7.14. The highest BCUT2D eigenvalue weighted by atomic mass is 79.9. The topological polar surface area (TPSA) is 41.9 Å². The predicted octanol–water partition coefficient (Wildman–Crippen LogP) is 2.35. The van der Waals surface area contributed by atoms with Crippen LogP contribution in [0.2, 0.25) is 0 Å². The Kier molecular flexibility index (Phi) is 4.84. The zero-order valence-electron chi connectivity index (χ0n) is 11.5. The molecule has 0 amide bonds. The number of hydrogen-bond donors (Lipinski definition) is 1. The summed E-state index contributed by atoms with van der Waals surface area (Å²) >= 11 is 3.51. The third kappa shape index (κ3) is 3.11. The third-order valence-electron chi connectivity index (χ3n) is 3.62. The van der Waals surface area contributed by atoms with Gasteiger partial charge in [-0.05, 0) is 24.6 Å². The van der Waals surface area contributed by atoms with Gasteiger partial charge in [-0.1, -0.05) is 22.0 Å². The standard InChI is InChI=1S/C14H20BrNO3/c1-9(17)11-5-4-10(6-12(11)15)16-7-13(18-2)14(8-16)19-3/h4-6,9,13-14,17H,7-8H2,1-3H3/t9-,13?,14?/m0/s1. The molecule has 0 bridgehead atoms. The van der Waals surface area contributed by atoms with Crippen LogP contribution in [0.5, 0.6) is 0 Å². The SMILES string of the molecule is COC1CN(c2ccc([C@H](C)O)c(Br)c2)CC1OC. The second-order valence-electron chi connectivity index (χ2n) is 4.84. The number of aliphatic hydroxyl groups excluding tert-OH is 1. The third-order valence-corrected chi connectivity index (χ3v) is 4.31. The van der Waals surface area contributed by atoms with Crippen molar-refractivity contribution in [3.8, 4) is 0 Å². The van der Waals surface area contributed by atoms with Gasteiger partial charge < -0.3 is 19.5 Å². The van der Waals surface area contributed by atoms with Crippen LogP contribution in [-0.4, -0.2) is 44.6 Å². The molecule has 2 unspecified atom stereocenters. The van der Waals surface area contributed by atoms with Crippen molar-refractivity contribution in [3.63, 3.8) is 0 Å². The minimum Gasteiger partial charge on any atom is -0.389 e. The fourth-order valence-electron chi connectivity index (χ4n) is 2.46. The van der Waals surface area contributed by atoms with E-state index in [1.54, 1.807) is 21.1 Å². The Hall–Kier alpha value is -0.620. The van der Waals surface area contributed by atoms with Crippen molar-refractivity contribution in [3.05, 3.63) is 28.2 Å². The van der Waals surface area contributed by atoms with Crippen molar-refractivity contribution in [1.82, 2.24) is 0 Å². The number of aliphatic hydroxyl groups is 1. The van der Waals surface area contributed by atoms with E-state index >= 15 is 0 Å².